The second kappa shape index (κ2) is 5.19. The van der Waals surface area contributed by atoms with Crippen molar-refractivity contribution < 1.29 is 4.79 Å². The van der Waals surface area contributed by atoms with Crippen molar-refractivity contribution in [2.75, 3.05) is 18.4 Å². The molecule has 4 rings (SSSR count). The van der Waals surface area contributed by atoms with Crippen LogP contribution >= 0.6 is 11.3 Å². The summed E-state index contributed by atoms with van der Waals surface area (Å²) in [6.07, 6.45) is 5.22. The first kappa shape index (κ1) is 13.9. The van der Waals surface area contributed by atoms with Crippen LogP contribution in [0.2, 0.25) is 0 Å². The fourth-order valence-electron chi connectivity index (χ4n) is 3.88. The summed E-state index contributed by atoms with van der Waals surface area (Å²) in [4.78, 5) is 25.5. The van der Waals surface area contributed by atoms with Crippen LogP contribution in [0.15, 0.2) is 6.33 Å². The van der Waals surface area contributed by atoms with Gasteiger partial charge in [-0.15, -0.1) is 11.3 Å². The van der Waals surface area contributed by atoms with Gasteiger partial charge in [0.05, 0.1) is 10.3 Å². The Bertz CT molecular complexity index is 741. The summed E-state index contributed by atoms with van der Waals surface area (Å²) >= 11 is 1.50. The number of amides is 1. The third-order valence-corrected chi connectivity index (χ3v) is 6.12. The molecule has 1 saturated heterocycles. The fourth-order valence-corrected chi connectivity index (χ4v) is 4.99. The van der Waals surface area contributed by atoms with Crippen molar-refractivity contribution in [3.05, 3.63) is 16.8 Å². The first-order valence-electron chi connectivity index (χ1n) is 7.98. The van der Waals surface area contributed by atoms with Gasteiger partial charge in [-0.05, 0) is 44.6 Å². The van der Waals surface area contributed by atoms with Gasteiger partial charge in [0, 0.05) is 19.1 Å². The number of piperidine rings is 1. The first-order chi connectivity index (χ1) is 10.7. The Kier molecular flexibility index (Phi) is 3.29. The number of likely N-dealkylation sites (tertiary alicyclic amines) is 1. The van der Waals surface area contributed by atoms with E-state index in [4.69, 9.17) is 0 Å². The van der Waals surface area contributed by atoms with Crippen molar-refractivity contribution in [1.82, 2.24) is 14.9 Å². The van der Waals surface area contributed by atoms with Crippen molar-refractivity contribution in [1.29, 1.82) is 0 Å². The van der Waals surface area contributed by atoms with Gasteiger partial charge in [0.15, 0.2) is 0 Å². The van der Waals surface area contributed by atoms with Gasteiger partial charge in [-0.3, -0.25) is 4.79 Å². The molecule has 6 heteroatoms. The smallest absolute Gasteiger partial charge is 0.264 e. The summed E-state index contributed by atoms with van der Waals surface area (Å²) in [5.74, 6) is 1.75. The van der Waals surface area contributed by atoms with Crippen LogP contribution in [0, 0.1) is 12.8 Å². The molecule has 2 bridgehead atoms. The molecule has 2 fully saturated rings. The molecule has 0 spiro atoms. The molecule has 1 aliphatic heterocycles. The average molecular weight is 316 g/mol. The molecule has 22 heavy (non-hydrogen) atoms. The lowest BCUT2D eigenvalue weighted by molar-refractivity contribution is 0.0708. The maximum absolute atomic E-state index is 13.0. The predicted molar refractivity (Wildman–Crippen MR) is 88.5 cm³/mol. The van der Waals surface area contributed by atoms with E-state index < -0.39 is 0 Å². The maximum Gasteiger partial charge on any atom is 0.264 e. The highest BCUT2D eigenvalue weighted by atomic mass is 32.1. The molecule has 5 nitrogen and oxygen atoms in total. The minimum absolute atomic E-state index is 0.190. The van der Waals surface area contributed by atoms with Gasteiger partial charge in [-0.25, -0.2) is 9.97 Å². The van der Waals surface area contributed by atoms with Crippen LogP contribution in [0.25, 0.3) is 10.2 Å². The number of nitrogens with one attached hydrogen (secondary N) is 1. The SMILES string of the molecule is CCNc1ncnc2sc(C(=O)N3CC4CCC3C4)c(C)c12. The molecular formula is C16H20N4OS. The molecule has 2 aliphatic rings. The summed E-state index contributed by atoms with van der Waals surface area (Å²) in [6, 6.07) is 0.460. The third-order valence-electron chi connectivity index (χ3n) is 4.94. The van der Waals surface area contributed by atoms with Crippen molar-refractivity contribution >= 4 is 33.3 Å². The van der Waals surface area contributed by atoms with Crippen LogP contribution in [0.1, 0.15) is 41.4 Å². The lowest BCUT2D eigenvalue weighted by Crippen LogP contribution is -2.37. The zero-order chi connectivity index (χ0) is 15.3. The molecule has 2 atom stereocenters. The van der Waals surface area contributed by atoms with Crippen molar-refractivity contribution in [3.63, 3.8) is 0 Å². The normalized spacial score (nSPS) is 23.5. The Morgan fingerprint density at radius 3 is 3.00 bits per heavy atom. The van der Waals surface area contributed by atoms with Crippen LogP contribution in [0.3, 0.4) is 0 Å². The topological polar surface area (TPSA) is 58.1 Å². The van der Waals surface area contributed by atoms with Gasteiger partial charge >= 0.3 is 0 Å². The van der Waals surface area contributed by atoms with E-state index in [1.807, 2.05) is 13.8 Å². The van der Waals surface area contributed by atoms with E-state index in [2.05, 4.69) is 20.2 Å². The Hall–Kier alpha value is -1.69. The first-order valence-corrected chi connectivity index (χ1v) is 8.79. The molecule has 3 heterocycles. The van der Waals surface area contributed by atoms with E-state index in [9.17, 15) is 4.79 Å². The quantitative estimate of drug-likeness (QED) is 0.945. The molecule has 0 aromatic carbocycles. The van der Waals surface area contributed by atoms with Gasteiger partial charge in [-0.2, -0.15) is 0 Å². The minimum atomic E-state index is 0.190. The fraction of sp³-hybridized carbons (Fsp3) is 0.562. The van der Waals surface area contributed by atoms with Crippen molar-refractivity contribution in [2.45, 2.75) is 39.2 Å². The third kappa shape index (κ3) is 2.00. The number of hydrogen-bond acceptors (Lipinski definition) is 5. The molecule has 2 unspecified atom stereocenters. The van der Waals surface area contributed by atoms with Crippen LogP contribution in [-0.4, -0.2) is 39.9 Å². The predicted octanol–water partition coefficient (Wildman–Crippen LogP) is 3.06. The molecule has 2 aromatic rings. The monoisotopic (exact) mass is 316 g/mol. The summed E-state index contributed by atoms with van der Waals surface area (Å²) in [7, 11) is 0. The van der Waals surface area contributed by atoms with Crippen LogP contribution in [0.5, 0.6) is 0 Å². The standard InChI is InChI=1S/C16H20N4OS/c1-3-17-14-12-9(2)13(22-15(12)19-8-18-14)16(21)20-7-10-4-5-11(20)6-10/h8,10-11H,3-7H2,1-2H3,(H,17,18,19). The van der Waals surface area contributed by atoms with E-state index in [1.54, 1.807) is 6.33 Å². The minimum Gasteiger partial charge on any atom is -0.370 e. The highest BCUT2D eigenvalue weighted by molar-refractivity contribution is 7.20. The molecule has 0 radical (unpaired) electrons. The van der Waals surface area contributed by atoms with Crippen LogP contribution in [0.4, 0.5) is 5.82 Å². The Morgan fingerprint density at radius 1 is 1.45 bits per heavy atom. The van der Waals surface area contributed by atoms with E-state index >= 15 is 0 Å². The van der Waals surface area contributed by atoms with Crippen molar-refractivity contribution in [2.24, 2.45) is 5.92 Å². The number of carbonyl (C=O) groups excluding carboxylic acids is 1. The lowest BCUT2D eigenvalue weighted by Gasteiger charge is -2.26. The highest BCUT2D eigenvalue weighted by Crippen LogP contribution is 2.40. The van der Waals surface area contributed by atoms with Gasteiger partial charge in [-0.1, -0.05) is 0 Å². The van der Waals surface area contributed by atoms with Crippen molar-refractivity contribution in [3.8, 4) is 0 Å². The number of fused-ring (bicyclic) bond motifs is 3. The number of rotatable bonds is 3. The summed E-state index contributed by atoms with van der Waals surface area (Å²) < 4.78 is 0. The number of hydrogen-bond donors (Lipinski definition) is 1. The van der Waals surface area contributed by atoms with Gasteiger partial charge in [0.2, 0.25) is 0 Å². The number of aromatic nitrogens is 2. The molecule has 1 aliphatic carbocycles. The van der Waals surface area contributed by atoms with E-state index in [1.165, 1.54) is 30.6 Å². The number of carbonyl (C=O) groups is 1. The highest BCUT2D eigenvalue weighted by Gasteiger charge is 2.41. The number of thiophene rings is 1. The Balaban J connectivity index is 1.74. The molecule has 1 saturated carbocycles. The van der Waals surface area contributed by atoms with Gasteiger partial charge in [0.1, 0.15) is 17.0 Å². The molecule has 116 valence electrons. The van der Waals surface area contributed by atoms with Gasteiger partial charge < -0.3 is 10.2 Å². The zero-order valence-electron chi connectivity index (χ0n) is 12.9. The summed E-state index contributed by atoms with van der Waals surface area (Å²) in [5, 5.41) is 4.27. The molecule has 2 aromatic heterocycles. The lowest BCUT2D eigenvalue weighted by atomic mass is 10.1. The van der Waals surface area contributed by atoms with Gasteiger partial charge in [0.25, 0.3) is 5.91 Å². The molecular weight excluding hydrogens is 296 g/mol. The number of nitrogens with zero attached hydrogens (tertiary/aromatic N) is 3. The van der Waals surface area contributed by atoms with E-state index in [0.29, 0.717) is 6.04 Å². The Morgan fingerprint density at radius 2 is 2.32 bits per heavy atom. The zero-order valence-corrected chi connectivity index (χ0v) is 13.7. The average Bonchev–Trinajstić information content (AvgIpc) is 3.22. The van der Waals surface area contributed by atoms with E-state index in [0.717, 1.165) is 45.5 Å². The maximum atomic E-state index is 13.0. The summed E-state index contributed by atoms with van der Waals surface area (Å²) in [6.45, 7) is 5.80. The molecule has 1 N–H and O–H groups in total. The van der Waals surface area contributed by atoms with Crippen LogP contribution < -0.4 is 5.32 Å². The number of aryl methyl sites for hydroxylation is 1. The van der Waals surface area contributed by atoms with E-state index in [-0.39, 0.29) is 5.91 Å². The summed E-state index contributed by atoms with van der Waals surface area (Å²) in [5.41, 5.74) is 1.02. The second-order valence-corrected chi connectivity index (χ2v) is 7.28. The number of anilines is 1. The largest absolute Gasteiger partial charge is 0.370 e. The molecule has 1 amide bonds. The second-order valence-electron chi connectivity index (χ2n) is 6.28. The Labute approximate surface area is 133 Å². The van der Waals surface area contributed by atoms with Crippen LogP contribution in [-0.2, 0) is 0 Å².